The Labute approximate surface area is 68.4 Å². The highest BCUT2D eigenvalue weighted by Crippen LogP contribution is 2.07. The molecule has 0 spiro atoms. The van der Waals surface area contributed by atoms with Crippen LogP contribution in [0.1, 0.15) is 39.5 Å². The molecule has 0 fully saturated rings. The second kappa shape index (κ2) is 4.16. The molecule has 61 valence electrons. The zero-order valence-electron chi connectivity index (χ0n) is 7.30. The van der Waals surface area contributed by atoms with E-state index in [4.69, 9.17) is 0 Å². The third kappa shape index (κ3) is 2.74. The summed E-state index contributed by atoms with van der Waals surface area (Å²) in [4.78, 5) is 4.27. The summed E-state index contributed by atoms with van der Waals surface area (Å²) in [5, 5.41) is 4.18. The molecule has 2 nitrogen and oxygen atoms in total. The molecular weight excluding hydrogens is 136 g/mol. The van der Waals surface area contributed by atoms with E-state index in [0.717, 1.165) is 18.0 Å². The highest BCUT2D eigenvalue weighted by Gasteiger charge is 2.04. The van der Waals surface area contributed by atoms with Crippen molar-refractivity contribution in [2.45, 2.75) is 39.5 Å². The van der Waals surface area contributed by atoms with Gasteiger partial charge in [-0.2, -0.15) is 0 Å². The van der Waals surface area contributed by atoms with Crippen molar-refractivity contribution in [1.29, 1.82) is 0 Å². The third-order valence-electron chi connectivity index (χ3n) is 1.71. The van der Waals surface area contributed by atoms with Crippen LogP contribution in [0.3, 0.4) is 0 Å². The Bertz CT molecular complexity index is 180. The summed E-state index contributed by atoms with van der Waals surface area (Å²) < 4.78 is 0. The van der Waals surface area contributed by atoms with Gasteiger partial charge in [0.15, 0.2) is 0 Å². The van der Waals surface area contributed by atoms with Crippen LogP contribution < -0.4 is 5.32 Å². The zero-order chi connectivity index (χ0) is 8.10. The average Bonchev–Trinajstić information content (AvgIpc) is 2.37. The van der Waals surface area contributed by atoms with Crippen LogP contribution in [0, 0.1) is 0 Å². The summed E-state index contributed by atoms with van der Waals surface area (Å²) in [5.41, 5.74) is 1.04. The Hall–Kier alpha value is -0.790. The monoisotopic (exact) mass is 151 g/mol. The lowest BCUT2D eigenvalue weighted by molar-refractivity contribution is 0.737. The van der Waals surface area contributed by atoms with Crippen molar-refractivity contribution in [3.05, 3.63) is 11.9 Å². The van der Waals surface area contributed by atoms with Gasteiger partial charge in [-0.25, -0.2) is 10.3 Å². The van der Waals surface area contributed by atoms with Gasteiger partial charge in [-0.1, -0.05) is 19.8 Å². The molecule has 0 bridgehead atoms. The van der Waals surface area contributed by atoms with Gasteiger partial charge in [-0.3, -0.25) is 0 Å². The van der Waals surface area contributed by atoms with Gasteiger partial charge in [0.2, 0.25) is 0 Å². The maximum Gasteiger partial charge on any atom is 0.128 e. The fraction of sp³-hybridized carbons (Fsp3) is 0.667. The highest BCUT2D eigenvalue weighted by atomic mass is 15.0. The van der Waals surface area contributed by atoms with Gasteiger partial charge in [-0.05, 0) is 13.3 Å². The molecule has 0 N–H and O–H groups in total. The Kier molecular flexibility index (Phi) is 3.14. The van der Waals surface area contributed by atoms with Crippen LogP contribution >= 0.6 is 0 Å². The number of nitrogens with zero attached hydrogens (tertiary/aromatic N) is 2. The molecule has 1 aliphatic rings. The molecule has 1 aliphatic heterocycles. The topological polar surface area (TPSA) is 26.5 Å². The van der Waals surface area contributed by atoms with Crippen molar-refractivity contribution in [2.75, 3.05) is 0 Å². The van der Waals surface area contributed by atoms with E-state index in [0.29, 0.717) is 0 Å². The number of rotatable bonds is 4. The van der Waals surface area contributed by atoms with Crippen LogP contribution in [0.4, 0.5) is 0 Å². The molecule has 0 saturated carbocycles. The van der Waals surface area contributed by atoms with Gasteiger partial charge in [0.05, 0.1) is 11.9 Å². The molecule has 0 amide bonds. The molecule has 0 aromatic rings. The van der Waals surface area contributed by atoms with Gasteiger partial charge >= 0.3 is 0 Å². The predicted octanol–water partition coefficient (Wildman–Crippen LogP) is 2.44. The molecule has 1 rings (SSSR count). The van der Waals surface area contributed by atoms with E-state index in [1.54, 1.807) is 0 Å². The van der Waals surface area contributed by atoms with Gasteiger partial charge in [-0.15, -0.1) is 0 Å². The molecule has 0 aromatic heterocycles. The summed E-state index contributed by atoms with van der Waals surface area (Å²) in [6.45, 7) is 4.19. The lowest BCUT2D eigenvalue weighted by atomic mass is 10.2. The Balaban J connectivity index is 2.15. The van der Waals surface area contributed by atoms with Gasteiger partial charge in [0, 0.05) is 6.42 Å². The minimum atomic E-state index is 1.01. The lowest BCUT2D eigenvalue weighted by Gasteiger charge is -1.96. The Morgan fingerprint density at radius 2 is 2.18 bits per heavy atom. The van der Waals surface area contributed by atoms with Crippen LogP contribution in [0.2, 0.25) is 0 Å². The average molecular weight is 151 g/mol. The van der Waals surface area contributed by atoms with Crippen LogP contribution in [0.25, 0.3) is 0 Å². The molecule has 2 heteroatoms. The summed E-state index contributed by atoms with van der Waals surface area (Å²) in [5.74, 6) is 1.01. The molecular formula is C9H15N2. The SMILES string of the molecule is CCCCCC1=NC(C)=C[N]1. The van der Waals surface area contributed by atoms with Crippen LogP contribution in [-0.4, -0.2) is 5.84 Å². The first-order valence-electron chi connectivity index (χ1n) is 4.28. The van der Waals surface area contributed by atoms with E-state index >= 15 is 0 Å². The van der Waals surface area contributed by atoms with Crippen molar-refractivity contribution in [2.24, 2.45) is 4.99 Å². The van der Waals surface area contributed by atoms with Crippen molar-refractivity contribution in [3.8, 4) is 0 Å². The van der Waals surface area contributed by atoms with E-state index in [1.165, 1.54) is 19.3 Å². The highest BCUT2D eigenvalue weighted by molar-refractivity contribution is 5.85. The molecule has 0 aliphatic carbocycles. The van der Waals surface area contributed by atoms with Gasteiger partial charge < -0.3 is 0 Å². The summed E-state index contributed by atoms with van der Waals surface area (Å²) in [6.07, 6.45) is 6.65. The fourth-order valence-electron chi connectivity index (χ4n) is 1.08. The predicted molar refractivity (Wildman–Crippen MR) is 47.5 cm³/mol. The molecule has 1 radical (unpaired) electrons. The number of hydrogen-bond acceptors (Lipinski definition) is 1. The maximum absolute atomic E-state index is 4.27. The van der Waals surface area contributed by atoms with Crippen molar-refractivity contribution in [1.82, 2.24) is 5.32 Å². The normalized spacial score (nSPS) is 15.8. The summed E-state index contributed by atoms with van der Waals surface area (Å²) >= 11 is 0. The van der Waals surface area contributed by atoms with Crippen molar-refractivity contribution in [3.63, 3.8) is 0 Å². The van der Waals surface area contributed by atoms with E-state index in [2.05, 4.69) is 17.2 Å². The molecule has 0 atom stereocenters. The van der Waals surface area contributed by atoms with Gasteiger partial charge in [0.1, 0.15) is 5.84 Å². The Morgan fingerprint density at radius 1 is 1.36 bits per heavy atom. The first-order chi connectivity index (χ1) is 5.33. The summed E-state index contributed by atoms with van der Waals surface area (Å²) in [6, 6.07) is 0. The van der Waals surface area contributed by atoms with Crippen LogP contribution in [0.5, 0.6) is 0 Å². The lowest BCUT2D eigenvalue weighted by Crippen LogP contribution is -2.05. The van der Waals surface area contributed by atoms with Crippen molar-refractivity contribution >= 4 is 5.84 Å². The number of hydrogen-bond donors (Lipinski definition) is 0. The largest absolute Gasteiger partial charge is 0.240 e. The zero-order valence-corrected chi connectivity index (χ0v) is 7.30. The summed E-state index contributed by atoms with van der Waals surface area (Å²) in [7, 11) is 0. The van der Waals surface area contributed by atoms with E-state index in [-0.39, 0.29) is 0 Å². The molecule has 11 heavy (non-hydrogen) atoms. The van der Waals surface area contributed by atoms with E-state index in [1.807, 2.05) is 13.1 Å². The quantitative estimate of drug-likeness (QED) is 0.552. The number of allylic oxidation sites excluding steroid dienone is 1. The fourth-order valence-corrected chi connectivity index (χ4v) is 1.08. The second-order valence-electron chi connectivity index (χ2n) is 2.88. The van der Waals surface area contributed by atoms with Crippen molar-refractivity contribution < 1.29 is 0 Å². The minimum Gasteiger partial charge on any atom is -0.240 e. The van der Waals surface area contributed by atoms with E-state index < -0.39 is 0 Å². The number of amidine groups is 1. The van der Waals surface area contributed by atoms with E-state index in [9.17, 15) is 0 Å². The molecule has 0 unspecified atom stereocenters. The Morgan fingerprint density at radius 3 is 2.73 bits per heavy atom. The second-order valence-corrected chi connectivity index (χ2v) is 2.88. The number of aliphatic imine (C=N–C) groups is 1. The third-order valence-corrected chi connectivity index (χ3v) is 1.71. The smallest absolute Gasteiger partial charge is 0.128 e. The van der Waals surface area contributed by atoms with Crippen LogP contribution in [0.15, 0.2) is 16.9 Å². The van der Waals surface area contributed by atoms with Gasteiger partial charge in [0.25, 0.3) is 0 Å². The standard InChI is InChI=1S/C9H15N2/c1-3-4-5-6-9-10-7-8(2)11-9/h7H,3-6H2,1-2H3. The first kappa shape index (κ1) is 8.31. The number of unbranched alkanes of at least 4 members (excludes halogenated alkanes) is 2. The maximum atomic E-state index is 4.27. The van der Waals surface area contributed by atoms with Crippen LogP contribution in [-0.2, 0) is 0 Å². The molecule has 0 aromatic carbocycles. The molecule has 0 saturated heterocycles. The molecule has 1 heterocycles. The minimum absolute atomic E-state index is 1.01. The first-order valence-corrected chi connectivity index (χ1v) is 4.28.